The molecule has 0 spiro atoms. The highest BCUT2D eigenvalue weighted by Crippen LogP contribution is 2.17. The van der Waals surface area contributed by atoms with Crippen LogP contribution in [0.3, 0.4) is 0 Å². The summed E-state index contributed by atoms with van der Waals surface area (Å²) in [6.07, 6.45) is 2.00. The van der Waals surface area contributed by atoms with Crippen molar-refractivity contribution in [2.75, 3.05) is 36.0 Å². The zero-order valence-corrected chi connectivity index (χ0v) is 12.2. The molecule has 0 aliphatic carbocycles. The lowest BCUT2D eigenvalue weighted by atomic mass is 10.2. The molecular weight excluding hydrogens is 242 g/mol. The molecule has 1 aliphatic rings. The van der Waals surface area contributed by atoms with Crippen LogP contribution in [0.5, 0.6) is 0 Å². The van der Waals surface area contributed by atoms with Crippen molar-refractivity contribution in [3.05, 3.63) is 23.9 Å². The summed E-state index contributed by atoms with van der Waals surface area (Å²) in [6.45, 7) is 8.68. The molecule has 2 rings (SSSR count). The van der Waals surface area contributed by atoms with Crippen LogP contribution in [0.1, 0.15) is 19.4 Å². The first-order valence-electron chi connectivity index (χ1n) is 6.74. The molecule has 0 bridgehead atoms. The van der Waals surface area contributed by atoms with Gasteiger partial charge in [-0.3, -0.25) is 0 Å². The van der Waals surface area contributed by atoms with Gasteiger partial charge in [-0.05, 0) is 24.1 Å². The number of nitrogens with one attached hydrogen (secondary N) is 1. The highest BCUT2D eigenvalue weighted by atomic mass is 32.2. The maximum absolute atomic E-state index is 4.58. The predicted molar refractivity (Wildman–Crippen MR) is 80.3 cm³/mol. The third kappa shape index (κ3) is 4.18. The molecule has 3 nitrogen and oxygen atoms in total. The fourth-order valence-electron chi connectivity index (χ4n) is 2.01. The molecule has 0 unspecified atom stereocenters. The molecule has 18 heavy (non-hydrogen) atoms. The number of thioether (sulfide) groups is 1. The third-order valence-electron chi connectivity index (χ3n) is 3.03. The van der Waals surface area contributed by atoms with Crippen molar-refractivity contribution in [3.63, 3.8) is 0 Å². The van der Waals surface area contributed by atoms with Crippen LogP contribution in [0.25, 0.3) is 0 Å². The summed E-state index contributed by atoms with van der Waals surface area (Å²) in [4.78, 5) is 6.95. The Kier molecular flexibility index (Phi) is 5.32. The van der Waals surface area contributed by atoms with Gasteiger partial charge in [0.25, 0.3) is 0 Å². The van der Waals surface area contributed by atoms with E-state index in [0.717, 1.165) is 32.0 Å². The first kappa shape index (κ1) is 13.7. The van der Waals surface area contributed by atoms with Crippen LogP contribution in [0.2, 0.25) is 0 Å². The van der Waals surface area contributed by atoms with E-state index in [9.17, 15) is 0 Å². The average Bonchev–Trinajstić information content (AvgIpc) is 2.40. The molecule has 1 aromatic rings. The molecular formula is C14H23N3S. The Bertz CT molecular complexity index is 345. The van der Waals surface area contributed by atoms with E-state index in [0.29, 0.717) is 5.92 Å². The Morgan fingerprint density at radius 1 is 1.33 bits per heavy atom. The highest BCUT2D eigenvalue weighted by Gasteiger charge is 2.11. The van der Waals surface area contributed by atoms with E-state index in [1.807, 2.05) is 18.0 Å². The van der Waals surface area contributed by atoms with Gasteiger partial charge in [0.15, 0.2) is 0 Å². The Balaban J connectivity index is 1.84. The molecule has 2 heterocycles. The largest absolute Gasteiger partial charge is 0.355 e. The number of rotatable bonds is 5. The fourth-order valence-corrected chi connectivity index (χ4v) is 2.91. The molecule has 0 atom stereocenters. The van der Waals surface area contributed by atoms with E-state index in [1.165, 1.54) is 17.1 Å². The minimum Gasteiger partial charge on any atom is -0.355 e. The van der Waals surface area contributed by atoms with E-state index >= 15 is 0 Å². The van der Waals surface area contributed by atoms with Gasteiger partial charge in [0.2, 0.25) is 0 Å². The topological polar surface area (TPSA) is 28.2 Å². The van der Waals surface area contributed by atoms with E-state index in [-0.39, 0.29) is 0 Å². The van der Waals surface area contributed by atoms with Gasteiger partial charge in [-0.1, -0.05) is 19.9 Å². The van der Waals surface area contributed by atoms with Crippen LogP contribution >= 0.6 is 11.8 Å². The molecule has 1 fully saturated rings. The Morgan fingerprint density at radius 3 is 2.72 bits per heavy atom. The minimum absolute atomic E-state index is 0.697. The van der Waals surface area contributed by atoms with Gasteiger partial charge in [0, 0.05) is 37.3 Å². The van der Waals surface area contributed by atoms with Gasteiger partial charge >= 0.3 is 0 Å². The first-order chi connectivity index (χ1) is 8.75. The number of anilines is 1. The Morgan fingerprint density at radius 2 is 2.11 bits per heavy atom. The van der Waals surface area contributed by atoms with Crippen molar-refractivity contribution in [3.8, 4) is 0 Å². The smallest absolute Gasteiger partial charge is 0.128 e. The van der Waals surface area contributed by atoms with Crippen LogP contribution in [0.4, 0.5) is 5.82 Å². The molecule has 100 valence electrons. The highest BCUT2D eigenvalue weighted by molar-refractivity contribution is 7.99. The molecule has 0 radical (unpaired) electrons. The van der Waals surface area contributed by atoms with Crippen molar-refractivity contribution in [2.24, 2.45) is 5.92 Å². The lowest BCUT2D eigenvalue weighted by molar-refractivity contribution is 0.552. The second-order valence-corrected chi connectivity index (χ2v) is 6.37. The normalized spacial score (nSPS) is 16.3. The van der Waals surface area contributed by atoms with Gasteiger partial charge in [-0.15, -0.1) is 0 Å². The number of hydrogen-bond donors (Lipinski definition) is 1. The molecule has 4 heteroatoms. The second kappa shape index (κ2) is 7.00. The summed E-state index contributed by atoms with van der Waals surface area (Å²) in [5.41, 5.74) is 1.27. The van der Waals surface area contributed by atoms with Crippen LogP contribution in [-0.2, 0) is 6.54 Å². The Labute approximate surface area is 114 Å². The molecule has 1 N–H and O–H groups in total. The molecule has 0 amide bonds. The van der Waals surface area contributed by atoms with Gasteiger partial charge < -0.3 is 10.2 Å². The maximum atomic E-state index is 4.58. The summed E-state index contributed by atoms with van der Waals surface area (Å²) in [6, 6.07) is 4.35. The fraction of sp³-hybridized carbons (Fsp3) is 0.643. The number of aromatic nitrogens is 1. The summed E-state index contributed by atoms with van der Waals surface area (Å²) in [5, 5.41) is 3.44. The van der Waals surface area contributed by atoms with Crippen LogP contribution in [-0.4, -0.2) is 36.1 Å². The number of hydrogen-bond acceptors (Lipinski definition) is 4. The van der Waals surface area contributed by atoms with Crippen LogP contribution in [0, 0.1) is 5.92 Å². The molecule has 1 aliphatic heterocycles. The number of nitrogens with zero attached hydrogens (tertiary/aromatic N) is 2. The van der Waals surface area contributed by atoms with Gasteiger partial charge in [0.05, 0.1) is 0 Å². The first-order valence-corrected chi connectivity index (χ1v) is 7.89. The zero-order chi connectivity index (χ0) is 12.8. The van der Waals surface area contributed by atoms with Crippen molar-refractivity contribution >= 4 is 17.6 Å². The van der Waals surface area contributed by atoms with E-state index in [2.05, 4.69) is 41.2 Å². The molecule has 1 saturated heterocycles. The van der Waals surface area contributed by atoms with Crippen molar-refractivity contribution in [1.82, 2.24) is 10.3 Å². The molecule has 1 aromatic heterocycles. The summed E-state index contributed by atoms with van der Waals surface area (Å²) in [7, 11) is 0. The zero-order valence-electron chi connectivity index (χ0n) is 11.4. The second-order valence-electron chi connectivity index (χ2n) is 5.15. The Hall–Kier alpha value is -0.740. The quantitative estimate of drug-likeness (QED) is 0.885. The summed E-state index contributed by atoms with van der Waals surface area (Å²) < 4.78 is 0. The standard InChI is InChI=1S/C14H23N3S/c1-12(2)9-15-10-13-3-4-14(16-11-13)17-5-7-18-8-6-17/h3-4,11-12,15H,5-10H2,1-2H3. The van der Waals surface area contributed by atoms with E-state index < -0.39 is 0 Å². The van der Waals surface area contributed by atoms with E-state index in [4.69, 9.17) is 0 Å². The van der Waals surface area contributed by atoms with Crippen LogP contribution < -0.4 is 10.2 Å². The lowest BCUT2D eigenvalue weighted by Gasteiger charge is -2.27. The minimum atomic E-state index is 0.697. The van der Waals surface area contributed by atoms with Crippen molar-refractivity contribution in [1.29, 1.82) is 0 Å². The van der Waals surface area contributed by atoms with Gasteiger partial charge in [-0.25, -0.2) is 4.98 Å². The summed E-state index contributed by atoms with van der Waals surface area (Å²) >= 11 is 2.03. The lowest BCUT2D eigenvalue weighted by Crippen LogP contribution is -2.33. The van der Waals surface area contributed by atoms with Gasteiger partial charge in [0.1, 0.15) is 5.82 Å². The van der Waals surface area contributed by atoms with Crippen molar-refractivity contribution < 1.29 is 0 Å². The maximum Gasteiger partial charge on any atom is 0.128 e. The monoisotopic (exact) mass is 265 g/mol. The summed E-state index contributed by atoms with van der Waals surface area (Å²) in [5.74, 6) is 4.27. The molecule has 0 saturated carbocycles. The predicted octanol–water partition coefficient (Wildman–Crippen LogP) is 2.38. The average molecular weight is 265 g/mol. The van der Waals surface area contributed by atoms with Gasteiger partial charge in [-0.2, -0.15) is 11.8 Å². The SMILES string of the molecule is CC(C)CNCc1ccc(N2CCSCC2)nc1. The van der Waals surface area contributed by atoms with Crippen molar-refractivity contribution in [2.45, 2.75) is 20.4 Å². The molecule has 0 aromatic carbocycles. The van der Waals surface area contributed by atoms with Crippen LogP contribution in [0.15, 0.2) is 18.3 Å². The van der Waals surface area contributed by atoms with E-state index in [1.54, 1.807) is 0 Å². The number of pyridine rings is 1. The third-order valence-corrected chi connectivity index (χ3v) is 3.97.